The number of amides is 2. The molecule has 1 aromatic heterocycles. The lowest BCUT2D eigenvalue weighted by Crippen LogP contribution is -2.63. The van der Waals surface area contributed by atoms with E-state index in [1.54, 1.807) is 6.07 Å². The number of carbonyl (C=O) groups is 2. The Bertz CT molecular complexity index is 537. The number of aliphatic carboxylic acids is 1. The highest BCUT2D eigenvalue weighted by Crippen LogP contribution is 2.30. The Labute approximate surface area is 123 Å². The van der Waals surface area contributed by atoms with Gasteiger partial charge in [-0.1, -0.05) is 0 Å². The number of thiophene rings is 1. The minimum atomic E-state index is -5.10. The van der Waals surface area contributed by atoms with Crippen molar-refractivity contribution in [1.82, 2.24) is 10.6 Å². The number of carboxylic acids is 1. The van der Waals surface area contributed by atoms with E-state index in [1.807, 2.05) is 13.8 Å². The lowest BCUT2D eigenvalue weighted by atomic mass is 10.0. The molecule has 0 saturated carbocycles. The van der Waals surface area contributed by atoms with Gasteiger partial charge in [0.2, 0.25) is 5.54 Å². The molecule has 0 bridgehead atoms. The molecule has 5 nitrogen and oxygen atoms in total. The number of rotatable bonds is 4. The molecule has 0 aromatic carbocycles. The molecule has 0 aliphatic rings. The fraction of sp³-hybridized carbons (Fsp3) is 0.500. The van der Waals surface area contributed by atoms with Gasteiger partial charge in [-0.2, -0.15) is 13.2 Å². The summed E-state index contributed by atoms with van der Waals surface area (Å²) >= 11 is 1.41. The van der Waals surface area contributed by atoms with Crippen LogP contribution in [-0.4, -0.2) is 28.8 Å². The molecule has 0 aliphatic carbocycles. The summed E-state index contributed by atoms with van der Waals surface area (Å²) in [6.45, 7) is 4.18. The zero-order chi connectivity index (χ0) is 16.4. The summed E-state index contributed by atoms with van der Waals surface area (Å²) < 4.78 is 38.1. The van der Waals surface area contributed by atoms with Crippen LogP contribution in [0.15, 0.2) is 6.07 Å². The molecule has 0 aliphatic heterocycles. The predicted octanol–water partition coefficient (Wildman–Crippen LogP) is 2.57. The minimum absolute atomic E-state index is 0.0265. The van der Waals surface area contributed by atoms with Crippen molar-refractivity contribution in [3.63, 3.8) is 0 Å². The molecule has 1 rings (SSSR count). The molecular formula is C12H15F3N2O3S. The first kappa shape index (κ1) is 17.3. The van der Waals surface area contributed by atoms with Gasteiger partial charge < -0.3 is 15.7 Å². The fourth-order valence-electron chi connectivity index (χ4n) is 1.42. The van der Waals surface area contributed by atoms with Crippen molar-refractivity contribution in [3.05, 3.63) is 21.4 Å². The van der Waals surface area contributed by atoms with Crippen LogP contribution >= 0.6 is 11.3 Å². The van der Waals surface area contributed by atoms with Gasteiger partial charge in [0.15, 0.2) is 0 Å². The molecule has 1 heterocycles. The van der Waals surface area contributed by atoms with E-state index in [9.17, 15) is 22.8 Å². The van der Waals surface area contributed by atoms with Crippen LogP contribution in [0.2, 0.25) is 0 Å². The maximum Gasteiger partial charge on any atom is 0.422 e. The number of aryl methyl sites for hydroxylation is 2. The first-order valence-corrected chi connectivity index (χ1v) is 6.71. The van der Waals surface area contributed by atoms with Crippen LogP contribution in [0.25, 0.3) is 0 Å². The van der Waals surface area contributed by atoms with Crippen LogP contribution in [0.1, 0.15) is 22.2 Å². The monoisotopic (exact) mass is 324 g/mol. The van der Waals surface area contributed by atoms with Crippen molar-refractivity contribution in [3.8, 4) is 0 Å². The van der Waals surface area contributed by atoms with Crippen molar-refractivity contribution in [2.45, 2.75) is 39.0 Å². The number of carboxylic acid groups (broad SMARTS) is 1. The maximum atomic E-state index is 12.7. The Morgan fingerprint density at radius 3 is 2.29 bits per heavy atom. The molecule has 1 unspecified atom stereocenters. The predicted molar refractivity (Wildman–Crippen MR) is 71.3 cm³/mol. The third-order valence-corrected chi connectivity index (χ3v) is 4.15. The van der Waals surface area contributed by atoms with Crippen LogP contribution in [-0.2, 0) is 11.3 Å². The van der Waals surface area contributed by atoms with Crippen LogP contribution in [0.4, 0.5) is 18.0 Å². The highest BCUT2D eigenvalue weighted by molar-refractivity contribution is 7.12. The second kappa shape index (κ2) is 5.92. The molecule has 0 spiro atoms. The third kappa shape index (κ3) is 3.87. The van der Waals surface area contributed by atoms with Gasteiger partial charge in [0.25, 0.3) is 0 Å². The van der Waals surface area contributed by atoms with E-state index in [2.05, 4.69) is 5.32 Å². The normalized spacial score (nSPS) is 14.4. The molecule has 2 amide bonds. The van der Waals surface area contributed by atoms with E-state index in [0.29, 0.717) is 6.92 Å². The number of carbonyl (C=O) groups excluding carboxylic acids is 1. The summed E-state index contributed by atoms with van der Waals surface area (Å²) in [4.78, 5) is 24.1. The summed E-state index contributed by atoms with van der Waals surface area (Å²) in [5.74, 6) is -2.17. The summed E-state index contributed by atoms with van der Waals surface area (Å²) in [6, 6.07) is 0.612. The van der Waals surface area contributed by atoms with Crippen molar-refractivity contribution >= 4 is 23.3 Å². The SMILES string of the molecule is Cc1cc(CNC(=O)NC(C)(C(=O)O)C(F)(F)F)sc1C. The van der Waals surface area contributed by atoms with Gasteiger partial charge in [0.1, 0.15) is 0 Å². The second-order valence-electron chi connectivity index (χ2n) is 4.69. The average molecular weight is 324 g/mol. The Hall–Kier alpha value is -1.77. The van der Waals surface area contributed by atoms with Gasteiger partial charge in [-0.25, -0.2) is 9.59 Å². The molecule has 3 N–H and O–H groups in total. The second-order valence-corrected chi connectivity index (χ2v) is 6.03. The van der Waals surface area contributed by atoms with Crippen molar-refractivity contribution in [1.29, 1.82) is 0 Å². The van der Waals surface area contributed by atoms with E-state index < -0.39 is 23.7 Å². The molecule has 0 saturated heterocycles. The molecule has 9 heteroatoms. The van der Waals surface area contributed by atoms with Crippen LogP contribution in [0, 0.1) is 13.8 Å². The number of urea groups is 1. The van der Waals surface area contributed by atoms with Crippen LogP contribution in [0.5, 0.6) is 0 Å². The Kier molecular flexibility index (Phi) is 4.87. The molecule has 0 radical (unpaired) electrons. The third-order valence-electron chi connectivity index (χ3n) is 3.00. The Morgan fingerprint density at radius 2 is 1.90 bits per heavy atom. The Balaban J connectivity index is 2.70. The number of hydrogen-bond donors (Lipinski definition) is 3. The highest BCUT2D eigenvalue weighted by Gasteiger charge is 2.58. The lowest BCUT2D eigenvalue weighted by molar-refractivity contribution is -0.203. The van der Waals surface area contributed by atoms with E-state index in [4.69, 9.17) is 5.11 Å². The molecule has 0 fully saturated rings. The first-order valence-electron chi connectivity index (χ1n) is 5.89. The summed E-state index contributed by atoms with van der Waals surface area (Å²) in [6.07, 6.45) is -5.10. The van der Waals surface area contributed by atoms with E-state index >= 15 is 0 Å². The fourth-order valence-corrected chi connectivity index (χ4v) is 2.41. The molecule has 118 valence electrons. The first-order chi connectivity index (χ1) is 9.47. The largest absolute Gasteiger partial charge is 0.479 e. The van der Waals surface area contributed by atoms with Gasteiger partial charge >= 0.3 is 18.2 Å². The van der Waals surface area contributed by atoms with Crippen molar-refractivity contribution < 1.29 is 27.9 Å². The van der Waals surface area contributed by atoms with E-state index in [0.717, 1.165) is 15.3 Å². The molecular weight excluding hydrogens is 309 g/mol. The molecule has 1 aromatic rings. The van der Waals surface area contributed by atoms with Crippen molar-refractivity contribution in [2.24, 2.45) is 0 Å². The quantitative estimate of drug-likeness (QED) is 0.796. The number of alkyl halides is 3. The Morgan fingerprint density at radius 1 is 1.33 bits per heavy atom. The number of nitrogens with one attached hydrogen (secondary N) is 2. The summed E-state index contributed by atoms with van der Waals surface area (Å²) in [7, 11) is 0. The zero-order valence-electron chi connectivity index (χ0n) is 11.6. The van der Waals surface area contributed by atoms with E-state index in [-0.39, 0.29) is 6.54 Å². The minimum Gasteiger partial charge on any atom is -0.479 e. The van der Waals surface area contributed by atoms with Crippen molar-refractivity contribution in [2.75, 3.05) is 0 Å². The standard InChI is InChI=1S/C12H15F3N2O3S/c1-6-4-8(21-7(6)2)5-16-10(20)17-11(3,9(18)19)12(13,14)15/h4H,5H2,1-3H3,(H,18,19)(H2,16,17,20). The van der Waals surface area contributed by atoms with Gasteiger partial charge in [-0.15, -0.1) is 11.3 Å². The van der Waals surface area contributed by atoms with Crippen LogP contribution < -0.4 is 10.6 Å². The zero-order valence-corrected chi connectivity index (χ0v) is 12.4. The van der Waals surface area contributed by atoms with Gasteiger partial charge in [0.05, 0.1) is 6.54 Å². The smallest absolute Gasteiger partial charge is 0.422 e. The van der Waals surface area contributed by atoms with Gasteiger partial charge in [-0.3, -0.25) is 0 Å². The van der Waals surface area contributed by atoms with Gasteiger partial charge in [-0.05, 0) is 32.4 Å². The van der Waals surface area contributed by atoms with E-state index in [1.165, 1.54) is 16.7 Å². The summed E-state index contributed by atoms with van der Waals surface area (Å²) in [5.41, 5.74) is -2.32. The average Bonchev–Trinajstić information content (AvgIpc) is 2.64. The molecule has 1 atom stereocenters. The topological polar surface area (TPSA) is 78.4 Å². The number of halogens is 3. The number of hydrogen-bond acceptors (Lipinski definition) is 3. The lowest BCUT2D eigenvalue weighted by Gasteiger charge is -2.28. The highest BCUT2D eigenvalue weighted by atomic mass is 32.1. The van der Waals surface area contributed by atoms with Gasteiger partial charge in [0, 0.05) is 9.75 Å². The summed E-state index contributed by atoms with van der Waals surface area (Å²) in [5, 5.41) is 12.4. The molecule has 21 heavy (non-hydrogen) atoms. The maximum absolute atomic E-state index is 12.7. The van der Waals surface area contributed by atoms with Crippen LogP contribution in [0.3, 0.4) is 0 Å².